The molecule has 12 heteroatoms. The predicted molar refractivity (Wildman–Crippen MR) is 120 cm³/mol. The molecule has 4 aromatic rings. The summed E-state index contributed by atoms with van der Waals surface area (Å²) in [6.45, 7) is 3.42. The number of aromatic amines is 1. The quantitative estimate of drug-likeness (QED) is 0.416. The van der Waals surface area contributed by atoms with Crippen LogP contribution in [0.3, 0.4) is 0 Å². The lowest BCUT2D eigenvalue weighted by Gasteiger charge is -2.24. The molecule has 172 valence electrons. The number of aryl methyl sites for hydroxylation is 1. The van der Waals surface area contributed by atoms with Gasteiger partial charge in [-0.1, -0.05) is 0 Å². The fraction of sp³-hybridized carbons (Fsp3) is 0.333. The molecule has 1 fully saturated rings. The first-order valence-corrected chi connectivity index (χ1v) is 11.3. The number of hydrogen-bond donors (Lipinski definition) is 3. The van der Waals surface area contributed by atoms with Crippen LogP contribution in [0.15, 0.2) is 34.8 Å². The molecule has 5 rings (SSSR count). The van der Waals surface area contributed by atoms with Gasteiger partial charge < -0.3 is 15.6 Å². The minimum atomic E-state index is -4.66. The maximum absolute atomic E-state index is 13.8. The van der Waals surface area contributed by atoms with Crippen LogP contribution >= 0.6 is 11.3 Å². The van der Waals surface area contributed by atoms with Crippen LogP contribution in [0.1, 0.15) is 23.4 Å². The van der Waals surface area contributed by atoms with Crippen molar-refractivity contribution < 1.29 is 13.2 Å². The van der Waals surface area contributed by atoms with Gasteiger partial charge in [0.15, 0.2) is 5.82 Å². The Labute approximate surface area is 189 Å². The number of alkyl halides is 3. The summed E-state index contributed by atoms with van der Waals surface area (Å²) in [4.78, 5) is 28.3. The van der Waals surface area contributed by atoms with E-state index in [1.807, 2.05) is 6.92 Å². The molecule has 1 saturated heterocycles. The van der Waals surface area contributed by atoms with Crippen molar-refractivity contribution in [2.24, 2.45) is 0 Å². The van der Waals surface area contributed by atoms with Gasteiger partial charge in [0.1, 0.15) is 11.1 Å². The van der Waals surface area contributed by atoms with Crippen LogP contribution in [0.5, 0.6) is 0 Å². The zero-order valence-electron chi connectivity index (χ0n) is 17.5. The standard InChI is InChI=1S/C21H20F3N7OS/c1-11-28-16(10-33-11)31-6-4-13-14(8-26-18(13)19(31)32)17-15(21(22,23)24)9-27-20(30-17)29-12-3-2-5-25-7-12/h4,6,8-10,12,25-26H,2-3,5,7H2,1H3,(H,27,29,30)/t12-/m0/s1. The lowest BCUT2D eigenvalue weighted by molar-refractivity contribution is -0.137. The lowest BCUT2D eigenvalue weighted by Crippen LogP contribution is -2.38. The Balaban J connectivity index is 1.61. The van der Waals surface area contributed by atoms with Crippen LogP contribution < -0.4 is 16.2 Å². The summed E-state index contributed by atoms with van der Waals surface area (Å²) in [7, 11) is 0. The van der Waals surface area contributed by atoms with E-state index in [2.05, 4.69) is 30.6 Å². The van der Waals surface area contributed by atoms with Crippen molar-refractivity contribution in [1.29, 1.82) is 0 Å². The van der Waals surface area contributed by atoms with E-state index >= 15 is 0 Å². The van der Waals surface area contributed by atoms with Gasteiger partial charge in [0.25, 0.3) is 5.56 Å². The second-order valence-corrected chi connectivity index (χ2v) is 8.91. The molecule has 0 spiro atoms. The van der Waals surface area contributed by atoms with Crippen LogP contribution in [0, 0.1) is 6.92 Å². The third-order valence-electron chi connectivity index (χ3n) is 5.58. The molecular weight excluding hydrogens is 455 g/mol. The van der Waals surface area contributed by atoms with Gasteiger partial charge in [0.05, 0.1) is 10.7 Å². The Morgan fingerprint density at radius 1 is 1.30 bits per heavy atom. The number of piperidine rings is 1. The molecule has 0 amide bonds. The van der Waals surface area contributed by atoms with Crippen molar-refractivity contribution >= 4 is 28.2 Å². The molecule has 0 bridgehead atoms. The number of H-pyrrole nitrogens is 1. The number of hydrogen-bond acceptors (Lipinski definition) is 7. The zero-order chi connectivity index (χ0) is 23.2. The Kier molecular flexibility index (Phi) is 5.41. The summed E-state index contributed by atoms with van der Waals surface area (Å²) in [6.07, 6.45) is 0.855. The van der Waals surface area contributed by atoms with Gasteiger partial charge in [-0.25, -0.2) is 15.0 Å². The van der Waals surface area contributed by atoms with Gasteiger partial charge in [-0.2, -0.15) is 13.2 Å². The van der Waals surface area contributed by atoms with Crippen molar-refractivity contribution in [2.45, 2.75) is 32.0 Å². The number of thiazole rings is 1. The fourth-order valence-electron chi connectivity index (χ4n) is 3.98. The topological polar surface area (TPSA) is 101 Å². The van der Waals surface area contributed by atoms with Crippen LogP contribution in [0.25, 0.3) is 28.0 Å². The maximum atomic E-state index is 13.8. The highest BCUT2D eigenvalue weighted by Crippen LogP contribution is 2.38. The highest BCUT2D eigenvalue weighted by atomic mass is 32.1. The summed E-state index contributed by atoms with van der Waals surface area (Å²) >= 11 is 1.40. The number of anilines is 1. The van der Waals surface area contributed by atoms with Crippen LogP contribution in [-0.2, 0) is 6.18 Å². The summed E-state index contributed by atoms with van der Waals surface area (Å²) in [5.74, 6) is 0.582. The molecule has 0 radical (unpaired) electrons. The van der Waals surface area contributed by atoms with Crippen molar-refractivity contribution in [3.63, 3.8) is 0 Å². The lowest BCUT2D eigenvalue weighted by atomic mass is 10.1. The number of nitrogens with zero attached hydrogens (tertiary/aromatic N) is 4. The van der Waals surface area contributed by atoms with Gasteiger partial charge in [0, 0.05) is 47.5 Å². The highest BCUT2D eigenvalue weighted by molar-refractivity contribution is 7.09. The van der Waals surface area contributed by atoms with Crippen LogP contribution in [0.2, 0.25) is 0 Å². The number of rotatable bonds is 4. The van der Waals surface area contributed by atoms with E-state index in [9.17, 15) is 18.0 Å². The van der Waals surface area contributed by atoms with E-state index in [0.29, 0.717) is 17.7 Å². The molecule has 0 aromatic carbocycles. The normalized spacial score (nSPS) is 16.9. The maximum Gasteiger partial charge on any atom is 0.419 e. The molecule has 8 nitrogen and oxygen atoms in total. The number of aromatic nitrogens is 5. The smallest absolute Gasteiger partial charge is 0.356 e. The van der Waals surface area contributed by atoms with Crippen molar-refractivity contribution in [1.82, 2.24) is 29.8 Å². The van der Waals surface area contributed by atoms with E-state index in [4.69, 9.17) is 0 Å². The Bertz CT molecular complexity index is 1370. The number of nitrogens with one attached hydrogen (secondary N) is 3. The van der Waals surface area contributed by atoms with Crippen molar-refractivity contribution in [2.75, 3.05) is 18.4 Å². The minimum absolute atomic E-state index is 0.0278. The molecule has 5 heterocycles. The van der Waals surface area contributed by atoms with E-state index in [1.165, 1.54) is 28.3 Å². The molecule has 33 heavy (non-hydrogen) atoms. The molecule has 3 N–H and O–H groups in total. The first kappa shape index (κ1) is 21.6. The Morgan fingerprint density at radius 2 is 2.15 bits per heavy atom. The molecule has 1 aliphatic rings. The van der Waals surface area contributed by atoms with Crippen LogP contribution in [0.4, 0.5) is 19.1 Å². The van der Waals surface area contributed by atoms with E-state index in [1.54, 1.807) is 11.4 Å². The molecule has 0 aliphatic carbocycles. The summed E-state index contributed by atoms with van der Waals surface area (Å²) < 4.78 is 42.8. The summed E-state index contributed by atoms with van der Waals surface area (Å²) in [5, 5.41) is 9.25. The predicted octanol–water partition coefficient (Wildman–Crippen LogP) is 3.72. The molecular formula is C21H20F3N7OS. The molecule has 4 aromatic heterocycles. The Hall–Kier alpha value is -3.25. The van der Waals surface area contributed by atoms with E-state index < -0.39 is 17.3 Å². The van der Waals surface area contributed by atoms with Gasteiger partial charge >= 0.3 is 6.18 Å². The number of pyridine rings is 1. The monoisotopic (exact) mass is 475 g/mol. The third kappa shape index (κ3) is 4.11. The zero-order valence-corrected chi connectivity index (χ0v) is 18.3. The largest absolute Gasteiger partial charge is 0.419 e. The number of halogens is 3. The summed E-state index contributed by atoms with van der Waals surface area (Å²) in [5.41, 5.74) is -1.29. The summed E-state index contributed by atoms with van der Waals surface area (Å²) in [6, 6.07) is 1.62. The van der Waals surface area contributed by atoms with Crippen LogP contribution in [-0.4, -0.2) is 43.6 Å². The first-order valence-electron chi connectivity index (χ1n) is 10.4. The highest BCUT2D eigenvalue weighted by Gasteiger charge is 2.36. The average Bonchev–Trinajstić information content (AvgIpc) is 3.41. The van der Waals surface area contributed by atoms with Crippen molar-refractivity contribution in [3.05, 3.63) is 51.0 Å². The van der Waals surface area contributed by atoms with Gasteiger partial charge in [-0.05, 0) is 32.4 Å². The molecule has 1 aliphatic heterocycles. The Morgan fingerprint density at radius 3 is 2.85 bits per heavy atom. The fourth-order valence-corrected chi connectivity index (χ4v) is 4.57. The van der Waals surface area contributed by atoms with E-state index in [-0.39, 0.29) is 28.8 Å². The van der Waals surface area contributed by atoms with Crippen molar-refractivity contribution in [3.8, 4) is 17.1 Å². The minimum Gasteiger partial charge on any atom is -0.356 e. The average molecular weight is 476 g/mol. The number of fused-ring (bicyclic) bond motifs is 1. The van der Waals surface area contributed by atoms with E-state index in [0.717, 1.165) is 30.6 Å². The second kappa shape index (κ2) is 8.27. The molecule has 0 unspecified atom stereocenters. The molecule has 0 saturated carbocycles. The van der Waals surface area contributed by atoms with Gasteiger partial charge in [-0.15, -0.1) is 11.3 Å². The SMILES string of the molecule is Cc1nc(-n2ccc3c(-c4nc(N[C@H]5CCCNC5)ncc4C(F)(F)F)c[nH]c3c2=O)cs1. The van der Waals surface area contributed by atoms with Gasteiger partial charge in [0.2, 0.25) is 5.95 Å². The first-order chi connectivity index (χ1) is 15.8. The van der Waals surface area contributed by atoms with Gasteiger partial charge in [-0.3, -0.25) is 9.36 Å². The molecule has 1 atom stereocenters. The third-order valence-corrected chi connectivity index (χ3v) is 6.34. The second-order valence-electron chi connectivity index (χ2n) is 7.85.